The van der Waals surface area contributed by atoms with Crippen LogP contribution >= 0.6 is 0 Å². The van der Waals surface area contributed by atoms with Gasteiger partial charge in [-0.05, 0) is 54.1 Å². The Balaban J connectivity index is 1.54. The van der Waals surface area contributed by atoms with Crippen LogP contribution in [0.15, 0.2) is 60.7 Å². The van der Waals surface area contributed by atoms with Crippen molar-refractivity contribution in [2.24, 2.45) is 0 Å². The van der Waals surface area contributed by atoms with Crippen molar-refractivity contribution < 1.29 is 36.2 Å². The summed E-state index contributed by atoms with van der Waals surface area (Å²) in [4.78, 5) is 0. The SMILES string of the molecule is O=S(O)N(Cc1ccc(OC(F)F)cc1)CC(O)Cn1c2ccc(F)cc2c2cc(F)ccc21. The van der Waals surface area contributed by atoms with Crippen LogP contribution in [-0.2, 0) is 24.4 Å². The Morgan fingerprint density at radius 3 is 2.00 bits per heavy atom. The zero-order valence-electron chi connectivity index (χ0n) is 17.6. The van der Waals surface area contributed by atoms with E-state index in [1.165, 1.54) is 60.7 Å². The number of benzene rings is 3. The van der Waals surface area contributed by atoms with Gasteiger partial charge in [0.05, 0.1) is 12.6 Å². The Labute approximate surface area is 194 Å². The van der Waals surface area contributed by atoms with Crippen LogP contribution in [0.2, 0.25) is 0 Å². The zero-order valence-corrected chi connectivity index (χ0v) is 18.4. The van der Waals surface area contributed by atoms with Gasteiger partial charge in [0.2, 0.25) is 11.3 Å². The number of hydrogen-bond acceptors (Lipinski definition) is 3. The van der Waals surface area contributed by atoms with Crippen molar-refractivity contribution in [1.82, 2.24) is 8.87 Å². The van der Waals surface area contributed by atoms with E-state index in [1.54, 1.807) is 4.57 Å². The van der Waals surface area contributed by atoms with Gasteiger partial charge in [0.1, 0.15) is 17.4 Å². The quantitative estimate of drug-likeness (QED) is 0.261. The Morgan fingerprint density at radius 2 is 1.50 bits per heavy atom. The first kappa shape index (κ1) is 24.1. The van der Waals surface area contributed by atoms with E-state index in [9.17, 15) is 31.4 Å². The minimum absolute atomic E-state index is 0.00781. The molecule has 6 nitrogen and oxygen atoms in total. The predicted octanol–water partition coefficient (Wildman–Crippen LogP) is 4.67. The minimum atomic E-state index is -2.96. The topological polar surface area (TPSA) is 74.9 Å². The van der Waals surface area contributed by atoms with E-state index in [-0.39, 0.29) is 25.4 Å². The van der Waals surface area contributed by atoms with Crippen LogP contribution in [0.3, 0.4) is 0 Å². The van der Waals surface area contributed by atoms with Gasteiger partial charge in [0.25, 0.3) is 0 Å². The summed E-state index contributed by atoms with van der Waals surface area (Å²) in [5, 5.41) is 11.7. The molecule has 3 aromatic carbocycles. The van der Waals surface area contributed by atoms with Gasteiger partial charge in [0.15, 0.2) is 0 Å². The molecule has 0 fully saturated rings. The summed E-state index contributed by atoms with van der Waals surface area (Å²) in [7, 11) is 0. The number of fused-ring (bicyclic) bond motifs is 3. The standard InChI is InChI=1S/C23H20F4N2O4S/c24-15-3-7-21-19(9-15)20-10-16(25)4-8-22(20)29(21)13-17(30)12-28(34(31)32)11-14-1-5-18(6-2-14)33-23(26)27/h1-10,17,23,30H,11-13H2,(H,31,32). The molecule has 0 saturated heterocycles. The highest BCUT2D eigenvalue weighted by Gasteiger charge is 2.20. The maximum Gasteiger partial charge on any atom is 0.387 e. The van der Waals surface area contributed by atoms with E-state index in [4.69, 9.17) is 0 Å². The monoisotopic (exact) mass is 496 g/mol. The van der Waals surface area contributed by atoms with Crippen molar-refractivity contribution >= 4 is 33.1 Å². The van der Waals surface area contributed by atoms with E-state index in [0.29, 0.717) is 27.4 Å². The zero-order chi connectivity index (χ0) is 24.4. The fraction of sp³-hybridized carbons (Fsp3) is 0.217. The lowest BCUT2D eigenvalue weighted by Crippen LogP contribution is -2.35. The number of nitrogens with zero attached hydrogens (tertiary/aromatic N) is 2. The number of hydrogen-bond donors (Lipinski definition) is 2. The molecule has 2 atom stereocenters. The fourth-order valence-corrected chi connectivity index (χ4v) is 4.47. The first-order valence-electron chi connectivity index (χ1n) is 10.2. The Morgan fingerprint density at radius 1 is 0.941 bits per heavy atom. The van der Waals surface area contributed by atoms with Crippen LogP contribution in [0, 0.1) is 11.6 Å². The highest BCUT2D eigenvalue weighted by molar-refractivity contribution is 7.76. The maximum absolute atomic E-state index is 13.8. The number of halogens is 4. The Bertz CT molecular complexity index is 1270. The summed E-state index contributed by atoms with van der Waals surface area (Å²) in [6.45, 7) is -3.22. The smallest absolute Gasteiger partial charge is 0.387 e. The third kappa shape index (κ3) is 5.39. The van der Waals surface area contributed by atoms with Gasteiger partial charge in [-0.3, -0.25) is 4.55 Å². The molecule has 0 aliphatic rings. The highest BCUT2D eigenvalue weighted by Crippen LogP contribution is 2.30. The molecule has 2 unspecified atom stereocenters. The molecule has 0 amide bonds. The molecule has 4 rings (SSSR count). The number of aliphatic hydroxyl groups excluding tert-OH is 1. The van der Waals surface area contributed by atoms with Crippen LogP contribution in [0.25, 0.3) is 21.8 Å². The molecular weight excluding hydrogens is 476 g/mol. The number of rotatable bonds is 9. The lowest BCUT2D eigenvalue weighted by atomic mass is 10.1. The average molecular weight is 496 g/mol. The first-order chi connectivity index (χ1) is 16.2. The van der Waals surface area contributed by atoms with Crippen molar-refractivity contribution in [2.75, 3.05) is 6.54 Å². The normalized spacial score (nSPS) is 13.8. The van der Waals surface area contributed by atoms with Gasteiger partial charge in [-0.1, -0.05) is 12.1 Å². The van der Waals surface area contributed by atoms with Gasteiger partial charge in [-0.25, -0.2) is 13.0 Å². The van der Waals surface area contributed by atoms with Crippen molar-refractivity contribution in [1.29, 1.82) is 0 Å². The second kappa shape index (κ2) is 10.1. The van der Waals surface area contributed by atoms with Crippen LogP contribution in [0.1, 0.15) is 5.56 Å². The largest absolute Gasteiger partial charge is 0.435 e. The lowest BCUT2D eigenvalue weighted by molar-refractivity contribution is -0.0498. The summed E-state index contributed by atoms with van der Waals surface area (Å²) in [6, 6.07) is 13.7. The molecule has 0 aliphatic heterocycles. The van der Waals surface area contributed by atoms with Gasteiger partial charge >= 0.3 is 6.61 Å². The molecular formula is C23H20F4N2O4S. The van der Waals surface area contributed by atoms with Crippen LogP contribution < -0.4 is 4.74 Å². The molecule has 1 heterocycles. The number of ether oxygens (including phenoxy) is 1. The van der Waals surface area contributed by atoms with Crippen LogP contribution in [0.4, 0.5) is 17.6 Å². The molecule has 1 aromatic heterocycles. The second-order valence-corrected chi connectivity index (χ2v) is 8.64. The van der Waals surface area contributed by atoms with Gasteiger partial charge in [0, 0.05) is 34.9 Å². The Hall–Kier alpha value is -2.99. The highest BCUT2D eigenvalue weighted by atomic mass is 32.2. The molecule has 0 bridgehead atoms. The van der Waals surface area contributed by atoms with Crippen LogP contribution in [-0.4, -0.2) is 42.0 Å². The lowest BCUT2D eigenvalue weighted by Gasteiger charge is -2.22. The first-order valence-corrected chi connectivity index (χ1v) is 11.2. The molecule has 0 radical (unpaired) electrons. The van der Waals surface area contributed by atoms with Crippen molar-refractivity contribution in [2.45, 2.75) is 25.8 Å². The maximum atomic E-state index is 13.8. The molecule has 0 saturated carbocycles. The summed E-state index contributed by atoms with van der Waals surface area (Å²) in [6.07, 6.45) is -1.12. The van der Waals surface area contributed by atoms with Crippen molar-refractivity contribution in [3.8, 4) is 5.75 Å². The fourth-order valence-electron chi connectivity index (χ4n) is 3.91. The third-order valence-corrected chi connectivity index (χ3v) is 6.04. The molecule has 11 heteroatoms. The Kier molecular flexibility index (Phi) is 7.17. The number of aromatic nitrogens is 1. The van der Waals surface area contributed by atoms with Gasteiger partial charge in [-0.2, -0.15) is 13.1 Å². The summed E-state index contributed by atoms with van der Waals surface area (Å²) >= 11 is -2.43. The van der Waals surface area contributed by atoms with E-state index >= 15 is 0 Å². The van der Waals surface area contributed by atoms with Gasteiger partial charge < -0.3 is 14.4 Å². The molecule has 180 valence electrons. The van der Waals surface area contributed by atoms with Gasteiger partial charge in [-0.15, -0.1) is 0 Å². The summed E-state index contributed by atoms with van der Waals surface area (Å²) < 4.78 is 80.9. The molecule has 0 spiro atoms. The van der Waals surface area contributed by atoms with E-state index in [1.807, 2.05) is 0 Å². The van der Waals surface area contributed by atoms with E-state index in [2.05, 4.69) is 4.74 Å². The summed E-state index contributed by atoms with van der Waals surface area (Å²) in [5.74, 6) is -1.01. The second-order valence-electron chi connectivity index (χ2n) is 7.66. The van der Waals surface area contributed by atoms with E-state index in [0.717, 1.165) is 4.31 Å². The van der Waals surface area contributed by atoms with Crippen molar-refractivity contribution in [3.05, 3.63) is 77.9 Å². The van der Waals surface area contributed by atoms with Crippen molar-refractivity contribution in [3.63, 3.8) is 0 Å². The molecule has 4 aromatic rings. The third-order valence-electron chi connectivity index (χ3n) is 5.32. The number of alkyl halides is 2. The summed E-state index contributed by atoms with van der Waals surface area (Å²) in [5.41, 5.74) is 1.69. The predicted molar refractivity (Wildman–Crippen MR) is 120 cm³/mol. The molecule has 2 N–H and O–H groups in total. The van der Waals surface area contributed by atoms with E-state index < -0.39 is 35.6 Å². The molecule has 34 heavy (non-hydrogen) atoms. The number of aliphatic hydroxyl groups is 1. The molecule has 0 aliphatic carbocycles. The van der Waals surface area contributed by atoms with Crippen LogP contribution in [0.5, 0.6) is 5.75 Å². The minimum Gasteiger partial charge on any atom is -0.435 e. The average Bonchev–Trinajstić information content (AvgIpc) is 3.06.